The predicted molar refractivity (Wildman–Crippen MR) is 117 cm³/mol. The first-order valence-corrected chi connectivity index (χ1v) is 9.92. The molecule has 0 unspecified atom stereocenters. The van der Waals surface area contributed by atoms with Crippen LogP contribution in [0, 0.1) is 0 Å². The Morgan fingerprint density at radius 2 is 2.03 bits per heavy atom. The molecular formula is C21H17ClN6O3. The number of nitrogens with zero attached hydrogens (tertiary/aromatic N) is 4. The van der Waals surface area contributed by atoms with Crippen molar-refractivity contribution in [3.05, 3.63) is 69.7 Å². The van der Waals surface area contributed by atoms with Crippen LogP contribution in [0.15, 0.2) is 53.5 Å². The molecule has 0 atom stereocenters. The first-order valence-electron chi connectivity index (χ1n) is 9.54. The lowest BCUT2D eigenvalue weighted by Gasteiger charge is -2.17. The molecule has 0 radical (unpaired) electrons. The Morgan fingerprint density at radius 1 is 1.16 bits per heavy atom. The SMILES string of the molecule is COc1c(Cl)cccc1Nc1c(-n2c(=O)ccc3ncccc32)nn2c1C(=O)NCC2. The largest absolute Gasteiger partial charge is 0.493 e. The third kappa shape index (κ3) is 3.10. The highest BCUT2D eigenvalue weighted by Gasteiger charge is 2.29. The summed E-state index contributed by atoms with van der Waals surface area (Å²) >= 11 is 6.27. The second-order valence-corrected chi connectivity index (χ2v) is 7.29. The van der Waals surface area contributed by atoms with E-state index >= 15 is 0 Å². The van der Waals surface area contributed by atoms with E-state index in [1.54, 1.807) is 47.3 Å². The second-order valence-electron chi connectivity index (χ2n) is 6.89. The number of nitrogens with one attached hydrogen (secondary N) is 2. The molecule has 9 nitrogen and oxygen atoms in total. The summed E-state index contributed by atoms with van der Waals surface area (Å²) in [5, 5.41) is 11.1. The van der Waals surface area contributed by atoms with Gasteiger partial charge in [-0.25, -0.2) is 0 Å². The van der Waals surface area contributed by atoms with Gasteiger partial charge in [0.05, 0.1) is 35.4 Å². The monoisotopic (exact) mass is 436 g/mol. The molecule has 4 aromatic rings. The van der Waals surface area contributed by atoms with Crippen molar-refractivity contribution in [2.24, 2.45) is 0 Å². The quantitative estimate of drug-likeness (QED) is 0.510. The molecule has 1 aromatic carbocycles. The number of amides is 1. The number of pyridine rings is 2. The minimum absolute atomic E-state index is 0.290. The Kier molecular flexibility index (Phi) is 4.59. The zero-order valence-electron chi connectivity index (χ0n) is 16.4. The molecule has 10 heteroatoms. The van der Waals surface area contributed by atoms with Gasteiger partial charge in [0.15, 0.2) is 17.3 Å². The molecule has 1 aliphatic heterocycles. The molecule has 4 heterocycles. The lowest BCUT2D eigenvalue weighted by Crippen LogP contribution is -2.35. The Balaban J connectivity index is 1.80. The normalized spacial score (nSPS) is 13.0. The minimum atomic E-state index is -0.294. The number of carbonyl (C=O) groups excluding carboxylic acids is 1. The number of fused-ring (bicyclic) bond motifs is 2. The summed E-state index contributed by atoms with van der Waals surface area (Å²) in [5.74, 6) is 0.413. The first-order chi connectivity index (χ1) is 15.1. The van der Waals surface area contributed by atoms with Crippen LogP contribution in [0.4, 0.5) is 11.4 Å². The van der Waals surface area contributed by atoms with E-state index in [9.17, 15) is 9.59 Å². The summed E-state index contributed by atoms with van der Waals surface area (Å²) in [6, 6.07) is 11.8. The molecule has 0 spiro atoms. The van der Waals surface area contributed by atoms with Crippen LogP contribution < -0.4 is 20.9 Å². The minimum Gasteiger partial charge on any atom is -0.493 e. The third-order valence-electron chi connectivity index (χ3n) is 5.06. The van der Waals surface area contributed by atoms with Gasteiger partial charge in [0, 0.05) is 18.8 Å². The maximum absolute atomic E-state index is 12.9. The number of para-hydroxylation sites is 1. The van der Waals surface area contributed by atoms with Crippen LogP contribution in [0.5, 0.6) is 5.75 Å². The van der Waals surface area contributed by atoms with Gasteiger partial charge in [-0.15, -0.1) is 0 Å². The maximum atomic E-state index is 12.9. The van der Waals surface area contributed by atoms with Gasteiger partial charge in [-0.3, -0.25) is 23.8 Å². The van der Waals surface area contributed by atoms with E-state index in [0.717, 1.165) is 0 Å². The van der Waals surface area contributed by atoms with Crippen molar-refractivity contribution in [3.8, 4) is 11.6 Å². The fraction of sp³-hybridized carbons (Fsp3) is 0.143. The van der Waals surface area contributed by atoms with Crippen molar-refractivity contribution < 1.29 is 9.53 Å². The van der Waals surface area contributed by atoms with Gasteiger partial charge < -0.3 is 15.4 Å². The van der Waals surface area contributed by atoms with Crippen molar-refractivity contribution in [1.29, 1.82) is 0 Å². The molecule has 0 saturated heterocycles. The summed E-state index contributed by atoms with van der Waals surface area (Å²) in [5.41, 5.74) is 2.14. The average Bonchev–Trinajstić information content (AvgIpc) is 3.13. The van der Waals surface area contributed by atoms with Crippen molar-refractivity contribution in [2.75, 3.05) is 19.0 Å². The first kappa shape index (κ1) is 19.1. The predicted octanol–water partition coefficient (Wildman–Crippen LogP) is 2.73. The molecule has 31 heavy (non-hydrogen) atoms. The number of halogens is 1. The van der Waals surface area contributed by atoms with E-state index in [0.29, 0.717) is 52.0 Å². The van der Waals surface area contributed by atoms with Crippen LogP contribution >= 0.6 is 11.6 Å². The standard InChI is InChI=1S/C21H17ClN6O3/c1-31-19-12(22)4-2-5-14(19)25-17-18-21(30)24-10-11-27(18)26-20(17)28-15-6-3-9-23-13(15)7-8-16(28)29/h2-9,25H,10-11H2,1H3,(H,24,30). The molecule has 2 N–H and O–H groups in total. The van der Waals surface area contributed by atoms with Crippen molar-refractivity contribution in [3.63, 3.8) is 0 Å². The highest BCUT2D eigenvalue weighted by molar-refractivity contribution is 6.32. The molecule has 156 valence electrons. The van der Waals surface area contributed by atoms with Crippen LogP contribution in [0.25, 0.3) is 16.9 Å². The van der Waals surface area contributed by atoms with Gasteiger partial charge in [-0.1, -0.05) is 17.7 Å². The number of aromatic nitrogens is 4. The van der Waals surface area contributed by atoms with E-state index < -0.39 is 0 Å². The maximum Gasteiger partial charge on any atom is 0.271 e. The van der Waals surface area contributed by atoms with Gasteiger partial charge >= 0.3 is 0 Å². The van der Waals surface area contributed by atoms with Crippen LogP contribution in [0.3, 0.4) is 0 Å². The zero-order valence-corrected chi connectivity index (χ0v) is 17.2. The Hall–Kier alpha value is -3.85. The molecule has 0 fully saturated rings. The number of anilines is 2. The molecule has 0 saturated carbocycles. The highest BCUT2D eigenvalue weighted by Crippen LogP contribution is 2.37. The topological polar surface area (TPSA) is 103 Å². The van der Waals surface area contributed by atoms with E-state index in [1.165, 1.54) is 17.7 Å². The smallest absolute Gasteiger partial charge is 0.271 e. The summed E-state index contributed by atoms with van der Waals surface area (Å²) in [4.78, 5) is 30.0. The third-order valence-corrected chi connectivity index (χ3v) is 5.36. The van der Waals surface area contributed by atoms with Gasteiger partial charge in [0.2, 0.25) is 0 Å². The van der Waals surface area contributed by atoms with Crippen LogP contribution in [0.1, 0.15) is 10.5 Å². The molecule has 3 aromatic heterocycles. The van der Waals surface area contributed by atoms with Gasteiger partial charge in [0.25, 0.3) is 11.5 Å². The van der Waals surface area contributed by atoms with Crippen LogP contribution in [-0.2, 0) is 6.54 Å². The van der Waals surface area contributed by atoms with E-state index in [2.05, 4.69) is 20.7 Å². The number of rotatable bonds is 4. The summed E-state index contributed by atoms with van der Waals surface area (Å²) in [6.45, 7) is 0.916. The number of carbonyl (C=O) groups is 1. The average molecular weight is 437 g/mol. The van der Waals surface area contributed by atoms with E-state index in [4.69, 9.17) is 16.3 Å². The fourth-order valence-electron chi connectivity index (χ4n) is 3.71. The summed E-state index contributed by atoms with van der Waals surface area (Å²) in [7, 11) is 1.51. The second kappa shape index (κ2) is 7.44. The number of benzene rings is 1. The van der Waals surface area contributed by atoms with E-state index in [1.807, 2.05) is 0 Å². The summed E-state index contributed by atoms with van der Waals surface area (Å²) in [6.07, 6.45) is 1.65. The number of ether oxygens (including phenoxy) is 1. The molecule has 0 aliphatic carbocycles. The zero-order chi connectivity index (χ0) is 21.5. The number of hydrogen-bond acceptors (Lipinski definition) is 6. The van der Waals surface area contributed by atoms with Crippen LogP contribution in [-0.4, -0.2) is 38.9 Å². The Labute approximate surface area is 181 Å². The van der Waals surface area contributed by atoms with Gasteiger partial charge in [0.1, 0.15) is 5.69 Å². The van der Waals surface area contributed by atoms with Gasteiger partial charge in [-0.05, 0) is 30.3 Å². The molecule has 0 bridgehead atoms. The van der Waals surface area contributed by atoms with Crippen molar-refractivity contribution in [1.82, 2.24) is 24.6 Å². The fourth-order valence-corrected chi connectivity index (χ4v) is 3.96. The van der Waals surface area contributed by atoms with Crippen molar-refractivity contribution >= 4 is 39.9 Å². The Bertz CT molecular complexity index is 1390. The lowest BCUT2D eigenvalue weighted by atomic mass is 10.2. The van der Waals surface area contributed by atoms with E-state index in [-0.39, 0.29) is 17.3 Å². The Morgan fingerprint density at radius 3 is 2.87 bits per heavy atom. The lowest BCUT2D eigenvalue weighted by molar-refractivity contribution is 0.0925. The molecular weight excluding hydrogens is 420 g/mol. The molecule has 5 rings (SSSR count). The van der Waals surface area contributed by atoms with Crippen LogP contribution in [0.2, 0.25) is 5.02 Å². The highest BCUT2D eigenvalue weighted by atomic mass is 35.5. The number of methoxy groups -OCH3 is 1. The molecule has 1 amide bonds. The molecule has 1 aliphatic rings. The summed E-state index contributed by atoms with van der Waals surface area (Å²) < 4.78 is 8.47. The van der Waals surface area contributed by atoms with Crippen molar-refractivity contribution in [2.45, 2.75) is 6.54 Å². The number of hydrogen-bond donors (Lipinski definition) is 2. The van der Waals surface area contributed by atoms with Gasteiger partial charge in [-0.2, -0.15) is 5.10 Å².